The van der Waals surface area contributed by atoms with Crippen molar-refractivity contribution in [1.82, 2.24) is 0 Å². The molecule has 0 aromatic carbocycles. The third-order valence-corrected chi connectivity index (χ3v) is 0.715. The molecule has 0 fully saturated rings. The van der Waals surface area contributed by atoms with Gasteiger partial charge in [-0.15, -0.1) is 0 Å². The van der Waals surface area contributed by atoms with Gasteiger partial charge in [0, 0.05) is 0 Å². The fourth-order valence-corrected chi connectivity index (χ4v) is 0.390. The lowest BCUT2D eigenvalue weighted by Crippen LogP contribution is -1.82. The van der Waals surface area contributed by atoms with E-state index in [0.29, 0.717) is 0 Å². The number of carbonyl (C=O) groups is 1. The second-order valence-corrected chi connectivity index (χ2v) is 1.25. The molecule has 0 aliphatic heterocycles. The molecule has 1 heterocycles. The van der Waals surface area contributed by atoms with Gasteiger partial charge in [-0.25, -0.2) is 0 Å². The molecular weight excluding hydrogens is 111 g/mol. The largest absolute Gasteiger partial charge is 0.458 e. The van der Waals surface area contributed by atoms with Crippen molar-refractivity contribution in [3.05, 3.63) is 24.2 Å². The molecule has 0 spiro atoms. The highest BCUT2D eigenvalue weighted by atomic mass is 19.1. The smallest absolute Gasteiger partial charge is 0.367 e. The van der Waals surface area contributed by atoms with Gasteiger partial charge < -0.3 is 4.42 Å². The SMILES string of the molecule is O=C(F)c1ccco1. The van der Waals surface area contributed by atoms with Crippen molar-refractivity contribution < 1.29 is 13.6 Å². The lowest BCUT2D eigenvalue weighted by atomic mass is 10.5. The molecule has 0 radical (unpaired) electrons. The summed E-state index contributed by atoms with van der Waals surface area (Å²) in [5.74, 6) is -0.245. The van der Waals surface area contributed by atoms with Gasteiger partial charge in [0.2, 0.25) is 5.76 Å². The highest BCUT2D eigenvalue weighted by Gasteiger charge is 2.03. The molecule has 8 heavy (non-hydrogen) atoms. The predicted molar refractivity (Wildman–Crippen MR) is 24.1 cm³/mol. The summed E-state index contributed by atoms with van der Waals surface area (Å²) in [5, 5.41) is 0. The molecule has 3 heteroatoms. The van der Waals surface area contributed by atoms with Crippen LogP contribution in [0.2, 0.25) is 0 Å². The first-order valence-corrected chi connectivity index (χ1v) is 2.04. The number of hydrogen-bond donors (Lipinski definition) is 0. The minimum atomic E-state index is -1.53. The van der Waals surface area contributed by atoms with Crippen LogP contribution >= 0.6 is 0 Å². The highest BCUT2D eigenvalue weighted by molar-refractivity contribution is 5.84. The van der Waals surface area contributed by atoms with Gasteiger partial charge in [0.1, 0.15) is 0 Å². The van der Waals surface area contributed by atoms with Crippen LogP contribution in [0.4, 0.5) is 4.39 Å². The zero-order valence-electron chi connectivity index (χ0n) is 3.93. The summed E-state index contributed by atoms with van der Waals surface area (Å²) in [6, 6.07) is 1.18. The number of rotatable bonds is 1. The van der Waals surface area contributed by atoms with Crippen LogP contribution in [-0.4, -0.2) is 6.04 Å². The monoisotopic (exact) mass is 114 g/mol. The first-order valence-electron chi connectivity index (χ1n) is 2.04. The average molecular weight is 114 g/mol. The van der Waals surface area contributed by atoms with E-state index in [2.05, 4.69) is 4.42 Å². The van der Waals surface area contributed by atoms with Crippen LogP contribution in [0.5, 0.6) is 0 Å². The molecule has 1 aromatic heterocycles. The van der Waals surface area contributed by atoms with E-state index in [9.17, 15) is 9.18 Å². The standard InChI is InChI=1S/C5H3FO2/c6-5(7)4-2-1-3-8-4/h1-3H. The summed E-state index contributed by atoms with van der Waals surface area (Å²) in [4.78, 5) is 9.75. The summed E-state index contributed by atoms with van der Waals surface area (Å²) in [7, 11) is 0. The lowest BCUT2D eigenvalue weighted by Gasteiger charge is -1.75. The van der Waals surface area contributed by atoms with E-state index >= 15 is 0 Å². The molecule has 0 amide bonds. The van der Waals surface area contributed by atoms with Crippen molar-refractivity contribution >= 4 is 6.04 Å². The minimum absolute atomic E-state index is 0.245. The van der Waals surface area contributed by atoms with E-state index in [4.69, 9.17) is 0 Å². The van der Waals surface area contributed by atoms with Crippen LogP contribution in [0, 0.1) is 0 Å². The number of hydrogen-bond acceptors (Lipinski definition) is 2. The predicted octanol–water partition coefficient (Wildman–Crippen LogP) is 1.39. The van der Waals surface area contributed by atoms with Crippen LogP contribution in [0.15, 0.2) is 22.8 Å². The van der Waals surface area contributed by atoms with Crippen molar-refractivity contribution in [2.45, 2.75) is 0 Å². The van der Waals surface area contributed by atoms with Crippen LogP contribution in [-0.2, 0) is 0 Å². The molecule has 1 aromatic rings. The molecule has 0 saturated heterocycles. The van der Waals surface area contributed by atoms with Gasteiger partial charge >= 0.3 is 6.04 Å². The highest BCUT2D eigenvalue weighted by Crippen LogP contribution is 2.00. The first kappa shape index (κ1) is 5.03. The molecule has 0 N–H and O–H groups in total. The Hall–Kier alpha value is -1.12. The van der Waals surface area contributed by atoms with Gasteiger partial charge in [0.05, 0.1) is 6.26 Å². The van der Waals surface area contributed by atoms with Gasteiger partial charge in [0.25, 0.3) is 0 Å². The maximum atomic E-state index is 11.5. The second-order valence-electron chi connectivity index (χ2n) is 1.25. The Kier molecular flexibility index (Phi) is 1.12. The minimum Gasteiger partial charge on any atom is -0.458 e. The van der Waals surface area contributed by atoms with Crippen molar-refractivity contribution in [3.8, 4) is 0 Å². The lowest BCUT2D eigenvalue weighted by molar-refractivity contribution is 0.0805. The van der Waals surface area contributed by atoms with Crippen molar-refractivity contribution in [2.24, 2.45) is 0 Å². The van der Waals surface area contributed by atoms with Crippen molar-refractivity contribution in [1.29, 1.82) is 0 Å². The quantitative estimate of drug-likeness (QED) is 0.516. The normalized spacial score (nSPS) is 9.12. The molecule has 0 aliphatic carbocycles. The third-order valence-electron chi connectivity index (χ3n) is 0.715. The molecule has 0 unspecified atom stereocenters. The summed E-state index contributed by atoms with van der Waals surface area (Å²) < 4.78 is 15.9. The van der Waals surface area contributed by atoms with E-state index in [0.717, 1.165) is 0 Å². The van der Waals surface area contributed by atoms with Crippen LogP contribution < -0.4 is 0 Å². The fourth-order valence-electron chi connectivity index (χ4n) is 0.390. The van der Waals surface area contributed by atoms with Gasteiger partial charge in [-0.1, -0.05) is 0 Å². The second kappa shape index (κ2) is 1.78. The summed E-state index contributed by atoms with van der Waals surface area (Å²) >= 11 is 0. The summed E-state index contributed by atoms with van der Waals surface area (Å²) in [6.45, 7) is 0. The molecule has 1 rings (SSSR count). The van der Waals surface area contributed by atoms with E-state index in [1.54, 1.807) is 0 Å². The zero-order valence-corrected chi connectivity index (χ0v) is 3.93. The third kappa shape index (κ3) is 0.753. The van der Waals surface area contributed by atoms with E-state index in [1.807, 2.05) is 0 Å². The fraction of sp³-hybridized carbons (Fsp3) is 0. The van der Waals surface area contributed by atoms with Crippen LogP contribution in [0.3, 0.4) is 0 Å². The maximum absolute atomic E-state index is 11.5. The Morgan fingerprint density at radius 2 is 2.50 bits per heavy atom. The average Bonchev–Trinajstić information content (AvgIpc) is 2.12. The van der Waals surface area contributed by atoms with Crippen LogP contribution in [0.1, 0.15) is 10.6 Å². The Morgan fingerprint density at radius 3 is 2.75 bits per heavy atom. The Bertz CT molecular complexity index is 178. The molecule has 0 saturated carbocycles. The van der Waals surface area contributed by atoms with Gasteiger partial charge in [0.15, 0.2) is 0 Å². The summed E-state index contributed by atoms with van der Waals surface area (Å²) in [6.07, 6.45) is 1.24. The van der Waals surface area contributed by atoms with E-state index in [-0.39, 0.29) is 5.76 Å². The first-order chi connectivity index (χ1) is 3.80. The molecule has 42 valence electrons. The van der Waals surface area contributed by atoms with Gasteiger partial charge in [-0.05, 0) is 12.1 Å². The topological polar surface area (TPSA) is 30.2 Å². The molecule has 0 atom stereocenters. The molecule has 2 nitrogen and oxygen atoms in total. The number of furan rings is 1. The van der Waals surface area contributed by atoms with Crippen molar-refractivity contribution in [2.75, 3.05) is 0 Å². The van der Waals surface area contributed by atoms with E-state index < -0.39 is 6.04 Å². The Balaban J connectivity index is 2.93. The molecule has 0 aliphatic rings. The Labute approximate surface area is 44.9 Å². The maximum Gasteiger partial charge on any atom is 0.367 e. The van der Waals surface area contributed by atoms with Gasteiger partial charge in [-0.3, -0.25) is 4.79 Å². The number of carbonyl (C=O) groups excluding carboxylic acids is 1. The Morgan fingerprint density at radius 1 is 1.75 bits per heavy atom. The molecular formula is C5H3FO2. The zero-order chi connectivity index (χ0) is 5.98. The van der Waals surface area contributed by atoms with Gasteiger partial charge in [-0.2, -0.15) is 4.39 Å². The summed E-state index contributed by atoms with van der Waals surface area (Å²) in [5.41, 5.74) is 0. The van der Waals surface area contributed by atoms with Crippen LogP contribution in [0.25, 0.3) is 0 Å². The molecule has 0 bridgehead atoms. The number of halogens is 1. The van der Waals surface area contributed by atoms with Crippen molar-refractivity contribution in [3.63, 3.8) is 0 Å². The van der Waals surface area contributed by atoms with E-state index in [1.165, 1.54) is 18.4 Å².